The van der Waals surface area contributed by atoms with E-state index in [1.54, 1.807) is 6.20 Å². The molecule has 1 fully saturated rings. The highest BCUT2D eigenvalue weighted by atomic mass is 32.2. The van der Waals surface area contributed by atoms with Gasteiger partial charge < -0.3 is 5.32 Å². The van der Waals surface area contributed by atoms with Crippen LogP contribution in [-0.4, -0.2) is 47.0 Å². The molecule has 2 aromatic heterocycles. The fourth-order valence-electron chi connectivity index (χ4n) is 2.65. The van der Waals surface area contributed by atoms with E-state index in [0.29, 0.717) is 30.5 Å². The Balaban J connectivity index is 1.81. The average Bonchev–Trinajstić information content (AvgIpc) is 2.97. The van der Waals surface area contributed by atoms with Gasteiger partial charge in [0, 0.05) is 37.0 Å². The molecule has 3 rings (SSSR count). The smallest absolute Gasteiger partial charge is 0.211 e. The Hall–Kier alpha value is -2.06. The van der Waals surface area contributed by atoms with Gasteiger partial charge in [0.2, 0.25) is 10.0 Å². The summed E-state index contributed by atoms with van der Waals surface area (Å²) in [5.74, 6) is 2.08. The van der Waals surface area contributed by atoms with Gasteiger partial charge in [0.15, 0.2) is 0 Å². The van der Waals surface area contributed by atoms with Gasteiger partial charge in [0.25, 0.3) is 0 Å². The first kappa shape index (κ1) is 15.8. The largest absolute Gasteiger partial charge is 0.325 e. The highest BCUT2D eigenvalue weighted by Gasteiger charge is 2.31. The summed E-state index contributed by atoms with van der Waals surface area (Å²) in [7, 11) is -3.16. The average molecular weight is 333 g/mol. The Kier molecular flexibility index (Phi) is 4.27. The second-order valence-corrected chi connectivity index (χ2v) is 7.68. The van der Waals surface area contributed by atoms with Gasteiger partial charge in [0.1, 0.15) is 17.5 Å². The van der Waals surface area contributed by atoms with Crippen LogP contribution < -0.4 is 5.32 Å². The van der Waals surface area contributed by atoms with Gasteiger partial charge in [-0.3, -0.25) is 0 Å². The van der Waals surface area contributed by atoms with Crippen molar-refractivity contribution < 1.29 is 8.42 Å². The van der Waals surface area contributed by atoms with Gasteiger partial charge in [-0.15, -0.1) is 0 Å². The lowest BCUT2D eigenvalue weighted by molar-refractivity contribution is 0.476. The number of aromatic nitrogens is 3. The normalized spacial score (nSPS) is 19.0. The summed E-state index contributed by atoms with van der Waals surface area (Å²) in [6.07, 6.45) is 3.68. The Labute approximate surface area is 135 Å². The molecule has 1 saturated heterocycles. The summed E-state index contributed by atoms with van der Waals surface area (Å²) in [4.78, 5) is 13.2. The van der Waals surface area contributed by atoms with E-state index in [0.717, 1.165) is 12.1 Å². The first-order valence-electron chi connectivity index (χ1n) is 7.40. The Bertz CT molecular complexity index is 795. The molecule has 0 saturated carbocycles. The van der Waals surface area contributed by atoms with Crippen molar-refractivity contribution in [1.29, 1.82) is 0 Å². The van der Waals surface area contributed by atoms with E-state index in [-0.39, 0.29) is 5.92 Å². The fraction of sp³-hybridized carbons (Fsp3) is 0.400. The number of hydrogen-bond acceptors (Lipinski definition) is 6. The zero-order valence-corrected chi connectivity index (χ0v) is 13.9. The molecule has 0 aliphatic carbocycles. The molecular formula is C15H19N5O2S. The van der Waals surface area contributed by atoms with Crippen LogP contribution in [0.2, 0.25) is 0 Å². The third-order valence-electron chi connectivity index (χ3n) is 3.78. The molecule has 0 spiro atoms. The van der Waals surface area contributed by atoms with Crippen molar-refractivity contribution in [2.24, 2.45) is 0 Å². The third-order valence-corrected chi connectivity index (χ3v) is 5.05. The lowest BCUT2D eigenvalue weighted by Gasteiger charge is -2.14. The Morgan fingerprint density at radius 2 is 2.09 bits per heavy atom. The van der Waals surface area contributed by atoms with Crippen molar-refractivity contribution in [3.63, 3.8) is 0 Å². The van der Waals surface area contributed by atoms with Crippen molar-refractivity contribution in [2.45, 2.75) is 19.3 Å². The van der Waals surface area contributed by atoms with Crippen LogP contribution in [0.5, 0.6) is 0 Å². The number of hydrogen-bond donors (Lipinski definition) is 1. The second kappa shape index (κ2) is 6.21. The van der Waals surface area contributed by atoms with E-state index in [2.05, 4.69) is 20.3 Å². The summed E-state index contributed by atoms with van der Waals surface area (Å²) >= 11 is 0. The molecule has 0 aromatic carbocycles. The molecule has 8 heteroatoms. The summed E-state index contributed by atoms with van der Waals surface area (Å²) in [6.45, 7) is 2.85. The molecule has 2 aromatic rings. The van der Waals surface area contributed by atoms with Crippen LogP contribution in [0.15, 0.2) is 30.5 Å². The maximum absolute atomic E-state index is 11.6. The number of rotatable bonds is 4. The standard InChI is InChI=1S/C15H19N5O2S/c1-11-9-14(18-13-5-3-4-7-16-13)19-15(17-11)12-6-8-20(10-12)23(2,21)22/h3-5,7,9,12H,6,8,10H2,1-2H3,(H,16,17,18,19)/t12-/m1/s1. The highest BCUT2D eigenvalue weighted by Crippen LogP contribution is 2.27. The molecule has 1 N–H and O–H groups in total. The zero-order chi connectivity index (χ0) is 16.4. The summed E-state index contributed by atoms with van der Waals surface area (Å²) in [6, 6.07) is 7.45. The van der Waals surface area contributed by atoms with Gasteiger partial charge in [-0.25, -0.2) is 27.7 Å². The first-order valence-corrected chi connectivity index (χ1v) is 9.25. The number of sulfonamides is 1. The predicted molar refractivity (Wildman–Crippen MR) is 88.1 cm³/mol. The number of anilines is 2. The van der Waals surface area contributed by atoms with Crippen LogP contribution in [0.1, 0.15) is 23.9 Å². The van der Waals surface area contributed by atoms with Gasteiger partial charge in [0.05, 0.1) is 6.26 Å². The molecule has 0 amide bonds. The second-order valence-electron chi connectivity index (χ2n) is 5.70. The van der Waals surface area contributed by atoms with Crippen molar-refractivity contribution in [1.82, 2.24) is 19.3 Å². The molecule has 1 aliphatic rings. The number of nitrogens with zero attached hydrogens (tertiary/aromatic N) is 4. The minimum atomic E-state index is -3.16. The lowest BCUT2D eigenvalue weighted by atomic mass is 10.1. The minimum absolute atomic E-state index is 0.0221. The predicted octanol–water partition coefficient (Wildman–Crippen LogP) is 1.67. The molecular weight excluding hydrogens is 314 g/mol. The SMILES string of the molecule is Cc1cc(Nc2ccccn2)nc([C@@H]2CCN(S(C)(=O)=O)C2)n1. The topological polar surface area (TPSA) is 88.1 Å². The van der Waals surface area contributed by atoms with E-state index in [1.807, 2.05) is 31.2 Å². The molecule has 122 valence electrons. The van der Waals surface area contributed by atoms with E-state index >= 15 is 0 Å². The Morgan fingerprint density at radius 1 is 1.26 bits per heavy atom. The van der Waals surface area contributed by atoms with Crippen LogP contribution in [0.3, 0.4) is 0 Å². The minimum Gasteiger partial charge on any atom is -0.325 e. The molecule has 0 radical (unpaired) electrons. The number of aryl methyl sites for hydroxylation is 1. The monoisotopic (exact) mass is 333 g/mol. The first-order chi connectivity index (χ1) is 10.9. The molecule has 1 atom stereocenters. The molecule has 1 aliphatic heterocycles. The fourth-order valence-corrected chi connectivity index (χ4v) is 3.53. The molecule has 23 heavy (non-hydrogen) atoms. The van der Waals surface area contributed by atoms with E-state index < -0.39 is 10.0 Å². The van der Waals surface area contributed by atoms with Crippen LogP contribution in [0.4, 0.5) is 11.6 Å². The highest BCUT2D eigenvalue weighted by molar-refractivity contribution is 7.88. The van der Waals surface area contributed by atoms with Crippen LogP contribution >= 0.6 is 0 Å². The van der Waals surface area contributed by atoms with E-state index in [1.165, 1.54) is 10.6 Å². The molecule has 0 unspecified atom stereocenters. The van der Waals surface area contributed by atoms with E-state index in [4.69, 9.17) is 0 Å². The van der Waals surface area contributed by atoms with Crippen LogP contribution in [-0.2, 0) is 10.0 Å². The lowest BCUT2D eigenvalue weighted by Crippen LogP contribution is -2.27. The maximum Gasteiger partial charge on any atom is 0.211 e. The van der Waals surface area contributed by atoms with Crippen LogP contribution in [0.25, 0.3) is 0 Å². The van der Waals surface area contributed by atoms with Gasteiger partial charge >= 0.3 is 0 Å². The summed E-state index contributed by atoms with van der Waals surface area (Å²) in [5.41, 5.74) is 0.839. The van der Waals surface area contributed by atoms with E-state index in [9.17, 15) is 8.42 Å². The van der Waals surface area contributed by atoms with Crippen molar-refractivity contribution in [3.05, 3.63) is 42.0 Å². The quantitative estimate of drug-likeness (QED) is 0.916. The third kappa shape index (κ3) is 3.83. The zero-order valence-electron chi connectivity index (χ0n) is 13.1. The van der Waals surface area contributed by atoms with Crippen molar-refractivity contribution in [3.8, 4) is 0 Å². The van der Waals surface area contributed by atoms with Gasteiger partial charge in [-0.2, -0.15) is 0 Å². The van der Waals surface area contributed by atoms with Crippen LogP contribution in [0, 0.1) is 6.92 Å². The summed E-state index contributed by atoms with van der Waals surface area (Å²) < 4.78 is 24.8. The van der Waals surface area contributed by atoms with Crippen molar-refractivity contribution in [2.75, 3.05) is 24.7 Å². The number of nitrogens with one attached hydrogen (secondary N) is 1. The van der Waals surface area contributed by atoms with Crippen molar-refractivity contribution >= 4 is 21.7 Å². The van der Waals surface area contributed by atoms with Gasteiger partial charge in [-0.1, -0.05) is 6.07 Å². The Morgan fingerprint density at radius 3 is 2.74 bits per heavy atom. The van der Waals surface area contributed by atoms with Gasteiger partial charge in [-0.05, 0) is 25.5 Å². The number of pyridine rings is 1. The molecule has 3 heterocycles. The molecule has 0 bridgehead atoms. The summed E-state index contributed by atoms with van der Waals surface area (Å²) in [5, 5.41) is 3.16. The molecule has 7 nitrogen and oxygen atoms in total. The maximum atomic E-state index is 11.6.